The molecule has 8 nitrogen and oxygen atoms in total. The fourth-order valence-electron chi connectivity index (χ4n) is 3.39. The Morgan fingerprint density at radius 3 is 2.26 bits per heavy atom. The summed E-state index contributed by atoms with van der Waals surface area (Å²) in [5.74, 6) is -0.679. The molecular formula is C23H23F3N4O4. The van der Waals surface area contributed by atoms with E-state index in [0.717, 1.165) is 21.9 Å². The van der Waals surface area contributed by atoms with E-state index >= 15 is 0 Å². The van der Waals surface area contributed by atoms with Gasteiger partial charge in [-0.3, -0.25) is 19.6 Å². The number of carbonyl (C=O) groups is 1. The molecule has 0 radical (unpaired) electrons. The molecule has 1 amide bonds. The molecule has 1 aromatic heterocycles. The number of rotatable bonds is 7. The zero-order valence-electron chi connectivity index (χ0n) is 18.9. The van der Waals surface area contributed by atoms with Crippen LogP contribution in [-0.2, 0) is 17.5 Å². The minimum Gasteiger partial charge on any atom is -0.457 e. The molecule has 2 aromatic carbocycles. The van der Waals surface area contributed by atoms with Crippen LogP contribution >= 0.6 is 0 Å². The number of benzene rings is 2. The lowest BCUT2D eigenvalue weighted by Crippen LogP contribution is -2.25. The number of nitrogens with one attached hydrogen (secondary N) is 1. The van der Waals surface area contributed by atoms with Crippen molar-refractivity contribution in [1.29, 1.82) is 0 Å². The molecule has 0 saturated heterocycles. The monoisotopic (exact) mass is 476 g/mol. The van der Waals surface area contributed by atoms with Crippen LogP contribution < -0.4 is 10.1 Å². The van der Waals surface area contributed by atoms with Crippen LogP contribution in [0.2, 0.25) is 0 Å². The smallest absolute Gasteiger partial charge is 0.435 e. The Labute approximate surface area is 193 Å². The Morgan fingerprint density at radius 2 is 1.71 bits per heavy atom. The lowest BCUT2D eigenvalue weighted by Gasteiger charge is -2.14. The molecule has 1 atom stereocenters. The number of hydrogen-bond donors (Lipinski definition) is 1. The number of nitro groups is 1. The van der Waals surface area contributed by atoms with Crippen LogP contribution in [0.3, 0.4) is 0 Å². The van der Waals surface area contributed by atoms with E-state index in [0.29, 0.717) is 5.75 Å². The first-order chi connectivity index (χ1) is 15.8. The number of carbonyl (C=O) groups excluding carboxylic acids is 1. The van der Waals surface area contributed by atoms with Gasteiger partial charge < -0.3 is 10.1 Å². The molecule has 0 aliphatic heterocycles. The summed E-state index contributed by atoms with van der Waals surface area (Å²) in [4.78, 5) is 23.5. The summed E-state index contributed by atoms with van der Waals surface area (Å²) in [5, 5.41) is 17.5. The van der Waals surface area contributed by atoms with E-state index < -0.39 is 28.6 Å². The highest BCUT2D eigenvalue weighted by molar-refractivity contribution is 5.92. The van der Waals surface area contributed by atoms with E-state index in [4.69, 9.17) is 4.74 Å². The van der Waals surface area contributed by atoms with Gasteiger partial charge in [0, 0.05) is 17.8 Å². The fourth-order valence-corrected chi connectivity index (χ4v) is 3.39. The Balaban J connectivity index is 1.79. The summed E-state index contributed by atoms with van der Waals surface area (Å²) in [6.07, 6.45) is -4.59. The molecule has 0 aliphatic carbocycles. The molecule has 0 aliphatic rings. The van der Waals surface area contributed by atoms with Crippen molar-refractivity contribution >= 4 is 17.3 Å². The Hall–Kier alpha value is -3.89. The minimum absolute atomic E-state index is 0.103. The summed E-state index contributed by atoms with van der Waals surface area (Å²) in [6.45, 7) is 6.66. The number of aryl methyl sites for hydroxylation is 3. The zero-order valence-corrected chi connectivity index (χ0v) is 18.9. The van der Waals surface area contributed by atoms with Gasteiger partial charge >= 0.3 is 6.18 Å². The van der Waals surface area contributed by atoms with Crippen LogP contribution in [0.5, 0.6) is 11.5 Å². The molecule has 1 N–H and O–H groups in total. The van der Waals surface area contributed by atoms with Crippen molar-refractivity contribution < 1.29 is 27.6 Å². The second kappa shape index (κ2) is 9.54. The molecule has 3 rings (SSSR count). The van der Waals surface area contributed by atoms with Crippen molar-refractivity contribution in [3.63, 3.8) is 0 Å². The van der Waals surface area contributed by atoms with Gasteiger partial charge in [0.25, 0.3) is 5.69 Å². The molecule has 0 spiro atoms. The van der Waals surface area contributed by atoms with Crippen molar-refractivity contribution in [1.82, 2.24) is 9.78 Å². The quantitative estimate of drug-likeness (QED) is 0.343. The van der Waals surface area contributed by atoms with Crippen LogP contribution in [0.1, 0.15) is 29.4 Å². The van der Waals surface area contributed by atoms with E-state index in [-0.39, 0.29) is 29.4 Å². The van der Waals surface area contributed by atoms with Gasteiger partial charge in [0.2, 0.25) is 5.91 Å². The summed E-state index contributed by atoms with van der Waals surface area (Å²) in [6, 6.07) is 10.3. The van der Waals surface area contributed by atoms with Crippen LogP contribution in [0.15, 0.2) is 42.5 Å². The highest BCUT2D eigenvalue weighted by Crippen LogP contribution is 2.31. The first-order valence-corrected chi connectivity index (χ1v) is 10.3. The van der Waals surface area contributed by atoms with Gasteiger partial charge in [0.1, 0.15) is 11.5 Å². The Morgan fingerprint density at radius 1 is 1.09 bits per heavy atom. The lowest BCUT2D eigenvalue weighted by molar-refractivity contribution is -0.384. The number of amides is 1. The fraction of sp³-hybridized carbons (Fsp3) is 0.304. The van der Waals surface area contributed by atoms with E-state index in [2.05, 4.69) is 10.4 Å². The SMILES string of the molecule is Cc1cc(C)cc(Oc2cc(NC(=O)C(C)Cn3nc(C(F)(F)F)cc3C)cc([N+](=O)[O-])c2)c1. The highest BCUT2D eigenvalue weighted by atomic mass is 19.4. The average molecular weight is 476 g/mol. The molecule has 0 fully saturated rings. The highest BCUT2D eigenvalue weighted by Gasteiger charge is 2.34. The van der Waals surface area contributed by atoms with E-state index in [1.54, 1.807) is 12.1 Å². The number of ether oxygens (including phenoxy) is 1. The number of non-ortho nitro benzene ring substituents is 1. The zero-order chi connectivity index (χ0) is 25.2. The van der Waals surface area contributed by atoms with Crippen LogP contribution in [0.4, 0.5) is 24.5 Å². The largest absolute Gasteiger partial charge is 0.457 e. The minimum atomic E-state index is -4.59. The summed E-state index contributed by atoms with van der Waals surface area (Å²) in [7, 11) is 0. The number of nitrogens with zero attached hydrogens (tertiary/aromatic N) is 3. The number of nitro benzene ring substituents is 1. The maximum absolute atomic E-state index is 12.9. The topological polar surface area (TPSA) is 99.3 Å². The molecule has 0 bridgehead atoms. The van der Waals surface area contributed by atoms with Gasteiger partial charge in [-0.1, -0.05) is 13.0 Å². The average Bonchev–Trinajstić information content (AvgIpc) is 3.07. The molecule has 11 heteroatoms. The van der Waals surface area contributed by atoms with Gasteiger partial charge in [-0.25, -0.2) is 0 Å². The molecule has 3 aromatic rings. The second-order valence-corrected chi connectivity index (χ2v) is 8.14. The standard InChI is InChI=1S/C23H23F3N4O4/c1-13-5-14(2)7-19(6-13)34-20-10-17(9-18(11-20)30(32)33)27-22(31)15(3)12-29-16(4)8-21(28-29)23(24,25)26/h5-11,15H,12H2,1-4H3,(H,27,31). The number of halogens is 3. The number of aromatic nitrogens is 2. The second-order valence-electron chi connectivity index (χ2n) is 8.14. The van der Waals surface area contributed by atoms with E-state index in [1.165, 1.54) is 32.0 Å². The summed E-state index contributed by atoms with van der Waals surface area (Å²) in [5.41, 5.74) is 0.952. The van der Waals surface area contributed by atoms with Crippen molar-refractivity contribution in [2.24, 2.45) is 5.92 Å². The molecular weight excluding hydrogens is 453 g/mol. The third kappa shape index (κ3) is 6.12. The molecule has 180 valence electrons. The maximum atomic E-state index is 12.9. The molecule has 0 saturated carbocycles. The summed E-state index contributed by atoms with van der Waals surface area (Å²) >= 11 is 0. The Kier molecular flexibility index (Phi) is 6.94. The van der Waals surface area contributed by atoms with Gasteiger partial charge in [0.15, 0.2) is 5.69 Å². The van der Waals surface area contributed by atoms with Crippen LogP contribution in [0, 0.1) is 36.8 Å². The predicted octanol–water partition coefficient (Wildman–Crippen LogP) is 5.80. The van der Waals surface area contributed by atoms with Crippen LogP contribution in [-0.4, -0.2) is 20.6 Å². The molecule has 1 heterocycles. The van der Waals surface area contributed by atoms with Crippen molar-refractivity contribution in [2.45, 2.75) is 40.4 Å². The van der Waals surface area contributed by atoms with Gasteiger partial charge in [-0.15, -0.1) is 0 Å². The molecule has 1 unspecified atom stereocenters. The maximum Gasteiger partial charge on any atom is 0.435 e. The molecule has 34 heavy (non-hydrogen) atoms. The lowest BCUT2D eigenvalue weighted by atomic mass is 10.1. The number of anilines is 1. The van der Waals surface area contributed by atoms with Gasteiger partial charge in [-0.2, -0.15) is 18.3 Å². The third-order valence-electron chi connectivity index (χ3n) is 4.97. The first kappa shape index (κ1) is 24.7. The summed E-state index contributed by atoms with van der Waals surface area (Å²) < 4.78 is 45.5. The Bertz CT molecular complexity index is 1220. The van der Waals surface area contributed by atoms with Crippen molar-refractivity contribution in [2.75, 3.05) is 5.32 Å². The number of hydrogen-bond acceptors (Lipinski definition) is 5. The first-order valence-electron chi connectivity index (χ1n) is 10.3. The van der Waals surface area contributed by atoms with Gasteiger partial charge in [-0.05, 0) is 50.1 Å². The van der Waals surface area contributed by atoms with E-state index in [1.807, 2.05) is 19.9 Å². The van der Waals surface area contributed by atoms with Gasteiger partial charge in [0.05, 0.1) is 29.1 Å². The van der Waals surface area contributed by atoms with Crippen LogP contribution in [0.25, 0.3) is 0 Å². The predicted molar refractivity (Wildman–Crippen MR) is 119 cm³/mol. The normalized spacial score (nSPS) is 12.3. The van der Waals surface area contributed by atoms with Crippen molar-refractivity contribution in [3.8, 4) is 11.5 Å². The van der Waals surface area contributed by atoms with E-state index in [9.17, 15) is 28.1 Å². The number of alkyl halides is 3. The van der Waals surface area contributed by atoms with Crippen molar-refractivity contribution in [3.05, 3.63) is 75.1 Å². The third-order valence-corrected chi connectivity index (χ3v) is 4.97.